The molecule has 148 valence electrons. The molecular weight excluding hydrogens is 439 g/mol. The topological polar surface area (TPSA) is 59.9 Å². The molecule has 5 nitrogen and oxygen atoms in total. The van der Waals surface area contributed by atoms with Crippen molar-refractivity contribution in [1.82, 2.24) is 15.5 Å². The summed E-state index contributed by atoms with van der Waals surface area (Å²) in [5, 5.41) is 16.9. The van der Waals surface area contributed by atoms with E-state index < -0.39 is 6.10 Å². The molecule has 0 amide bonds. The Morgan fingerprint density at radius 3 is 2.46 bits per heavy atom. The Labute approximate surface area is 175 Å². The molecule has 1 aliphatic heterocycles. The lowest BCUT2D eigenvalue weighted by atomic mass is 10.1. The number of benzene rings is 1. The molecule has 1 aromatic carbocycles. The third-order valence-corrected chi connectivity index (χ3v) is 4.83. The Morgan fingerprint density at radius 1 is 1.15 bits per heavy atom. The largest absolute Gasteiger partial charge is 0.388 e. The molecule has 0 bridgehead atoms. The standard InChI is InChI=1S/C20H34N4O.HI/c1-3-18(24-14-8-9-15-24)16-23-20(21-4-2)22-13-12-19(25)17-10-6-5-7-11-17;/h5-7,10-11,18-19,25H,3-4,8-9,12-16H2,1-2H3,(H2,21,22,23);1H. The van der Waals surface area contributed by atoms with Crippen molar-refractivity contribution in [2.24, 2.45) is 4.99 Å². The van der Waals surface area contributed by atoms with Crippen LogP contribution in [0.25, 0.3) is 0 Å². The SMILES string of the molecule is CCNC(=NCC(CC)N1CCCC1)NCCC(O)c1ccccc1.I. The molecule has 0 spiro atoms. The van der Waals surface area contributed by atoms with Crippen molar-refractivity contribution < 1.29 is 5.11 Å². The van der Waals surface area contributed by atoms with Gasteiger partial charge in [-0.1, -0.05) is 37.3 Å². The maximum atomic E-state index is 10.3. The van der Waals surface area contributed by atoms with Crippen LogP contribution in [0, 0.1) is 0 Å². The summed E-state index contributed by atoms with van der Waals surface area (Å²) < 4.78 is 0. The van der Waals surface area contributed by atoms with E-state index in [0.29, 0.717) is 19.0 Å². The monoisotopic (exact) mass is 474 g/mol. The smallest absolute Gasteiger partial charge is 0.191 e. The number of aliphatic hydroxyl groups excluding tert-OH is 1. The van der Waals surface area contributed by atoms with Gasteiger partial charge in [0.1, 0.15) is 0 Å². The Balaban J connectivity index is 0.00000338. The minimum Gasteiger partial charge on any atom is -0.388 e. The fourth-order valence-corrected chi connectivity index (χ4v) is 3.32. The van der Waals surface area contributed by atoms with Crippen molar-refractivity contribution >= 4 is 29.9 Å². The molecule has 2 atom stereocenters. The van der Waals surface area contributed by atoms with E-state index in [-0.39, 0.29) is 24.0 Å². The maximum absolute atomic E-state index is 10.3. The predicted molar refractivity (Wildman–Crippen MR) is 120 cm³/mol. The molecule has 1 aliphatic rings. The first-order chi connectivity index (χ1) is 12.2. The number of nitrogens with one attached hydrogen (secondary N) is 2. The highest BCUT2D eigenvalue weighted by atomic mass is 127. The second kappa shape index (κ2) is 13.3. The molecule has 0 saturated carbocycles. The second-order valence-corrected chi connectivity index (χ2v) is 6.67. The van der Waals surface area contributed by atoms with Gasteiger partial charge in [-0.25, -0.2) is 0 Å². The molecule has 0 aromatic heterocycles. The van der Waals surface area contributed by atoms with E-state index in [9.17, 15) is 5.11 Å². The zero-order chi connectivity index (χ0) is 17.9. The van der Waals surface area contributed by atoms with Crippen LogP contribution in [0.1, 0.15) is 51.2 Å². The van der Waals surface area contributed by atoms with E-state index in [2.05, 4.69) is 29.4 Å². The average Bonchev–Trinajstić information content (AvgIpc) is 3.17. The first-order valence-corrected chi connectivity index (χ1v) is 9.73. The summed E-state index contributed by atoms with van der Waals surface area (Å²) in [5.74, 6) is 0.848. The first kappa shape index (κ1) is 23.2. The highest BCUT2D eigenvalue weighted by molar-refractivity contribution is 14.0. The molecule has 3 N–H and O–H groups in total. The van der Waals surface area contributed by atoms with Crippen LogP contribution in [0.15, 0.2) is 35.3 Å². The molecule has 2 rings (SSSR count). The number of likely N-dealkylation sites (tertiary alicyclic amines) is 1. The minimum absolute atomic E-state index is 0. The fraction of sp³-hybridized carbons (Fsp3) is 0.650. The lowest BCUT2D eigenvalue weighted by molar-refractivity contribution is 0.168. The third-order valence-electron chi connectivity index (χ3n) is 4.83. The molecule has 2 unspecified atom stereocenters. The van der Waals surface area contributed by atoms with Gasteiger partial charge in [0.25, 0.3) is 0 Å². The van der Waals surface area contributed by atoms with Gasteiger partial charge in [0, 0.05) is 19.1 Å². The quantitative estimate of drug-likeness (QED) is 0.293. The lowest BCUT2D eigenvalue weighted by Gasteiger charge is -2.25. The van der Waals surface area contributed by atoms with Crippen LogP contribution in [0.5, 0.6) is 0 Å². The number of halogens is 1. The summed E-state index contributed by atoms with van der Waals surface area (Å²) in [7, 11) is 0. The van der Waals surface area contributed by atoms with E-state index in [1.807, 2.05) is 30.3 Å². The number of aliphatic imine (C=N–C) groups is 1. The van der Waals surface area contributed by atoms with Crippen molar-refractivity contribution in [3.8, 4) is 0 Å². The van der Waals surface area contributed by atoms with E-state index in [1.54, 1.807) is 0 Å². The summed E-state index contributed by atoms with van der Waals surface area (Å²) in [6.45, 7) is 9.11. The lowest BCUT2D eigenvalue weighted by Crippen LogP contribution is -2.40. The number of hydrogen-bond donors (Lipinski definition) is 3. The summed E-state index contributed by atoms with van der Waals surface area (Å²) in [6, 6.07) is 10.3. The number of hydrogen-bond acceptors (Lipinski definition) is 3. The van der Waals surface area contributed by atoms with Gasteiger partial charge < -0.3 is 15.7 Å². The van der Waals surface area contributed by atoms with Crippen LogP contribution < -0.4 is 10.6 Å². The van der Waals surface area contributed by atoms with Crippen LogP contribution >= 0.6 is 24.0 Å². The summed E-state index contributed by atoms with van der Waals surface area (Å²) in [6.07, 6.45) is 3.99. The molecule has 26 heavy (non-hydrogen) atoms. The highest BCUT2D eigenvalue weighted by Gasteiger charge is 2.20. The van der Waals surface area contributed by atoms with Crippen molar-refractivity contribution in [2.75, 3.05) is 32.7 Å². The normalized spacial score (nSPS) is 17.4. The Hall–Kier alpha value is -0.860. The highest BCUT2D eigenvalue weighted by Crippen LogP contribution is 2.15. The van der Waals surface area contributed by atoms with Crippen LogP contribution in [0.2, 0.25) is 0 Å². The summed E-state index contributed by atoms with van der Waals surface area (Å²) in [4.78, 5) is 7.33. The van der Waals surface area contributed by atoms with Gasteiger partial charge in [-0.2, -0.15) is 0 Å². The van der Waals surface area contributed by atoms with Gasteiger partial charge in [0.15, 0.2) is 5.96 Å². The van der Waals surface area contributed by atoms with Gasteiger partial charge in [-0.05, 0) is 51.3 Å². The second-order valence-electron chi connectivity index (χ2n) is 6.67. The van der Waals surface area contributed by atoms with Gasteiger partial charge in [0.05, 0.1) is 12.6 Å². The molecule has 1 fully saturated rings. The Morgan fingerprint density at radius 2 is 1.85 bits per heavy atom. The van der Waals surface area contributed by atoms with Gasteiger partial charge in [-0.3, -0.25) is 9.89 Å². The summed E-state index contributed by atoms with van der Waals surface area (Å²) >= 11 is 0. The average molecular weight is 474 g/mol. The number of rotatable bonds is 9. The Bertz CT molecular complexity index is 506. The number of nitrogens with zero attached hydrogens (tertiary/aromatic N) is 2. The third kappa shape index (κ3) is 7.80. The van der Waals surface area contributed by atoms with E-state index in [4.69, 9.17) is 4.99 Å². The molecule has 0 aliphatic carbocycles. The van der Waals surface area contributed by atoms with Crippen LogP contribution in [-0.4, -0.2) is 54.7 Å². The molecular formula is C20H35IN4O. The van der Waals surface area contributed by atoms with Crippen molar-refractivity contribution in [1.29, 1.82) is 0 Å². The van der Waals surface area contributed by atoms with Gasteiger partial charge in [-0.15, -0.1) is 24.0 Å². The molecule has 1 aromatic rings. The fourth-order valence-electron chi connectivity index (χ4n) is 3.32. The molecule has 1 saturated heterocycles. The maximum Gasteiger partial charge on any atom is 0.191 e. The zero-order valence-corrected chi connectivity index (χ0v) is 18.5. The first-order valence-electron chi connectivity index (χ1n) is 9.73. The van der Waals surface area contributed by atoms with Crippen molar-refractivity contribution in [3.05, 3.63) is 35.9 Å². The zero-order valence-electron chi connectivity index (χ0n) is 16.2. The minimum atomic E-state index is -0.440. The van der Waals surface area contributed by atoms with Crippen molar-refractivity contribution in [3.63, 3.8) is 0 Å². The molecule has 0 radical (unpaired) electrons. The van der Waals surface area contributed by atoms with E-state index in [1.165, 1.54) is 25.9 Å². The van der Waals surface area contributed by atoms with Crippen LogP contribution in [0.3, 0.4) is 0 Å². The van der Waals surface area contributed by atoms with Gasteiger partial charge in [0.2, 0.25) is 0 Å². The van der Waals surface area contributed by atoms with Crippen molar-refractivity contribution in [2.45, 2.75) is 51.7 Å². The number of guanidine groups is 1. The van der Waals surface area contributed by atoms with E-state index >= 15 is 0 Å². The molecule has 1 heterocycles. The van der Waals surface area contributed by atoms with Crippen LogP contribution in [-0.2, 0) is 0 Å². The number of aliphatic hydroxyl groups is 1. The predicted octanol–water partition coefficient (Wildman–Crippen LogP) is 3.16. The Kier molecular flexibility index (Phi) is 11.9. The van der Waals surface area contributed by atoms with E-state index in [0.717, 1.165) is 31.0 Å². The molecule has 6 heteroatoms. The van der Waals surface area contributed by atoms with Crippen LogP contribution in [0.4, 0.5) is 0 Å². The summed E-state index contributed by atoms with van der Waals surface area (Å²) in [5.41, 5.74) is 0.964. The van der Waals surface area contributed by atoms with Gasteiger partial charge >= 0.3 is 0 Å².